The molecule has 0 saturated heterocycles. The Balaban J connectivity index is 1.03. The summed E-state index contributed by atoms with van der Waals surface area (Å²) in [5.41, 5.74) is 18.1. The molecule has 10 aromatic carbocycles. The highest BCUT2D eigenvalue weighted by molar-refractivity contribution is 6.26. The summed E-state index contributed by atoms with van der Waals surface area (Å²) in [4.78, 5) is 5.65. The van der Waals surface area contributed by atoms with E-state index in [1.165, 1.54) is 54.6 Å². The molecular formula is C63H41NO2. The number of nitrogens with zero attached hydrogens (tertiary/aromatic N) is 1. The summed E-state index contributed by atoms with van der Waals surface area (Å²) < 4.78 is 13.4. The van der Waals surface area contributed by atoms with E-state index in [0.29, 0.717) is 0 Å². The molecule has 3 heteroatoms. The van der Waals surface area contributed by atoms with Crippen molar-refractivity contribution in [3.05, 3.63) is 211 Å². The van der Waals surface area contributed by atoms with E-state index in [0.717, 1.165) is 94.2 Å². The second-order valence-corrected chi connectivity index (χ2v) is 18.6. The fourth-order valence-electron chi connectivity index (χ4n) is 11.5. The van der Waals surface area contributed by atoms with Crippen LogP contribution in [0.15, 0.2) is 203 Å². The van der Waals surface area contributed by atoms with E-state index < -0.39 is 0 Å². The van der Waals surface area contributed by atoms with Gasteiger partial charge in [-0.15, -0.1) is 0 Å². The number of pyridine rings is 1. The van der Waals surface area contributed by atoms with E-state index in [1.54, 1.807) is 0 Å². The normalized spacial score (nSPS) is 13.2. The number of fused-ring (bicyclic) bond motifs is 15. The summed E-state index contributed by atoms with van der Waals surface area (Å²) in [5.74, 6) is 0. The summed E-state index contributed by atoms with van der Waals surface area (Å²) in [6.07, 6.45) is 0. The van der Waals surface area contributed by atoms with Gasteiger partial charge in [-0.2, -0.15) is 0 Å². The van der Waals surface area contributed by atoms with Crippen molar-refractivity contribution < 1.29 is 8.83 Å². The predicted octanol–water partition coefficient (Wildman–Crippen LogP) is 17.6. The molecule has 0 amide bonds. The van der Waals surface area contributed by atoms with E-state index in [2.05, 4.69) is 203 Å². The molecule has 3 nitrogen and oxygen atoms in total. The lowest BCUT2D eigenvalue weighted by atomic mass is 9.82. The fourth-order valence-corrected chi connectivity index (χ4v) is 11.5. The van der Waals surface area contributed by atoms with E-state index in [4.69, 9.17) is 13.8 Å². The van der Waals surface area contributed by atoms with Crippen LogP contribution in [-0.4, -0.2) is 4.98 Å². The lowest BCUT2D eigenvalue weighted by Crippen LogP contribution is -2.14. The maximum atomic E-state index is 7.05. The molecule has 1 aliphatic rings. The number of furan rings is 2. The SMILES string of the molecule is Cc1c(-c2cccc3c2oc2cccc(-c4cccc5oc6ccccc6c45)c23)cc(-c2ccc3c(c2)-c2ccccc2C3(C)C)nc1-c1ccc2c3ccccc3c3ccccc3c2c1. The standard InChI is InChI=1S/C63H41NO2/c1-36-50(47-23-12-24-49-60-46(22-14-28-58(60)66-62(47)49)45-21-13-27-57-59(45)48-20-9-11-26-56(48)65-57)35-55(37-30-32-54-52(33-37)44-19-8-10-25-53(44)63(54,2)3)64-61(36)38-29-31-43-41-17-5-4-15-39(41)40-16-6-7-18-42(40)51(43)34-38/h4-35H,1-3H3. The number of rotatable bonds is 4. The average molecular weight is 844 g/mol. The zero-order valence-corrected chi connectivity index (χ0v) is 36.7. The molecule has 0 fully saturated rings. The average Bonchev–Trinajstić information content (AvgIpc) is 4.02. The minimum Gasteiger partial charge on any atom is -0.456 e. The maximum Gasteiger partial charge on any atom is 0.143 e. The molecule has 66 heavy (non-hydrogen) atoms. The van der Waals surface area contributed by atoms with Crippen molar-refractivity contribution >= 4 is 76.2 Å². The van der Waals surface area contributed by atoms with E-state index >= 15 is 0 Å². The molecule has 3 aromatic heterocycles. The zero-order chi connectivity index (χ0) is 43.8. The van der Waals surface area contributed by atoms with Crippen LogP contribution in [0, 0.1) is 6.92 Å². The number of benzene rings is 10. The summed E-state index contributed by atoms with van der Waals surface area (Å²) in [6, 6.07) is 70.3. The first-order valence-corrected chi connectivity index (χ1v) is 22.9. The second-order valence-electron chi connectivity index (χ2n) is 18.6. The highest BCUT2D eigenvalue weighted by atomic mass is 16.3. The lowest BCUT2D eigenvalue weighted by Gasteiger charge is -2.21. The van der Waals surface area contributed by atoms with Gasteiger partial charge >= 0.3 is 0 Å². The Morgan fingerprint density at radius 1 is 0.364 bits per heavy atom. The van der Waals surface area contributed by atoms with Crippen molar-refractivity contribution in [1.82, 2.24) is 4.98 Å². The molecule has 0 saturated carbocycles. The quantitative estimate of drug-likeness (QED) is 0.166. The minimum atomic E-state index is -0.0917. The Labute approximate surface area is 381 Å². The van der Waals surface area contributed by atoms with E-state index in [1.807, 2.05) is 12.1 Å². The molecule has 0 N–H and O–H groups in total. The first-order valence-electron chi connectivity index (χ1n) is 22.9. The Bertz CT molecular complexity index is 4180. The van der Waals surface area contributed by atoms with Crippen molar-refractivity contribution in [1.29, 1.82) is 0 Å². The first-order chi connectivity index (χ1) is 32.4. The third-order valence-corrected chi connectivity index (χ3v) is 14.7. The Morgan fingerprint density at radius 2 is 0.894 bits per heavy atom. The van der Waals surface area contributed by atoms with Gasteiger partial charge in [0.25, 0.3) is 0 Å². The molecule has 13 aromatic rings. The first kappa shape index (κ1) is 37.1. The van der Waals surface area contributed by atoms with Gasteiger partial charge in [-0.3, -0.25) is 0 Å². The Hall–Kier alpha value is -8.27. The van der Waals surface area contributed by atoms with Gasteiger partial charge in [0.1, 0.15) is 22.3 Å². The Morgan fingerprint density at radius 3 is 1.65 bits per heavy atom. The molecule has 0 aliphatic heterocycles. The van der Waals surface area contributed by atoms with Crippen LogP contribution in [0.4, 0.5) is 0 Å². The molecule has 0 spiro atoms. The number of aromatic nitrogens is 1. The molecule has 1 aliphatic carbocycles. The lowest BCUT2D eigenvalue weighted by molar-refractivity contribution is 0.660. The third-order valence-electron chi connectivity index (χ3n) is 14.7. The molecule has 0 atom stereocenters. The number of hydrogen-bond acceptors (Lipinski definition) is 3. The van der Waals surface area contributed by atoms with Crippen molar-refractivity contribution in [3.63, 3.8) is 0 Å². The van der Waals surface area contributed by atoms with E-state index in [9.17, 15) is 0 Å². The zero-order valence-electron chi connectivity index (χ0n) is 36.7. The van der Waals surface area contributed by atoms with Gasteiger partial charge in [0.05, 0.1) is 11.4 Å². The summed E-state index contributed by atoms with van der Waals surface area (Å²) in [7, 11) is 0. The van der Waals surface area contributed by atoms with Crippen LogP contribution in [0.2, 0.25) is 0 Å². The summed E-state index contributed by atoms with van der Waals surface area (Å²) >= 11 is 0. The molecule has 0 bridgehead atoms. The van der Waals surface area contributed by atoms with Crippen molar-refractivity contribution in [2.75, 3.05) is 0 Å². The second kappa shape index (κ2) is 13.6. The van der Waals surface area contributed by atoms with Gasteiger partial charge in [0, 0.05) is 43.7 Å². The topological polar surface area (TPSA) is 39.2 Å². The van der Waals surface area contributed by atoms with Crippen LogP contribution in [-0.2, 0) is 5.41 Å². The van der Waals surface area contributed by atoms with Gasteiger partial charge in [-0.05, 0) is 120 Å². The van der Waals surface area contributed by atoms with Gasteiger partial charge in [0.2, 0.25) is 0 Å². The highest BCUT2D eigenvalue weighted by Crippen LogP contribution is 2.51. The van der Waals surface area contributed by atoms with Crippen LogP contribution in [0.3, 0.4) is 0 Å². The highest BCUT2D eigenvalue weighted by Gasteiger charge is 2.35. The van der Waals surface area contributed by atoms with Gasteiger partial charge in [-0.25, -0.2) is 4.98 Å². The summed E-state index contributed by atoms with van der Waals surface area (Å²) in [6.45, 7) is 6.90. The van der Waals surface area contributed by atoms with Crippen LogP contribution in [0.5, 0.6) is 0 Å². The predicted molar refractivity (Wildman–Crippen MR) is 275 cm³/mol. The summed E-state index contributed by atoms with van der Waals surface area (Å²) in [5, 5.41) is 11.9. The van der Waals surface area contributed by atoms with Crippen molar-refractivity contribution in [2.45, 2.75) is 26.2 Å². The third kappa shape index (κ3) is 5.17. The van der Waals surface area contributed by atoms with Gasteiger partial charge in [0.15, 0.2) is 0 Å². The number of para-hydroxylation sites is 2. The fraction of sp³-hybridized carbons (Fsp3) is 0.0635. The molecule has 310 valence electrons. The smallest absolute Gasteiger partial charge is 0.143 e. The molecule has 0 unspecified atom stereocenters. The van der Waals surface area contributed by atoms with Gasteiger partial charge in [-0.1, -0.05) is 172 Å². The molecular weight excluding hydrogens is 803 g/mol. The van der Waals surface area contributed by atoms with Crippen LogP contribution < -0.4 is 0 Å². The maximum absolute atomic E-state index is 7.05. The van der Waals surface area contributed by atoms with Crippen LogP contribution >= 0.6 is 0 Å². The minimum absolute atomic E-state index is 0.0917. The number of hydrogen-bond donors (Lipinski definition) is 0. The van der Waals surface area contributed by atoms with Gasteiger partial charge < -0.3 is 8.83 Å². The van der Waals surface area contributed by atoms with Crippen molar-refractivity contribution in [2.24, 2.45) is 0 Å². The van der Waals surface area contributed by atoms with Crippen molar-refractivity contribution in [3.8, 4) is 55.9 Å². The van der Waals surface area contributed by atoms with Crippen LogP contribution in [0.25, 0.3) is 132 Å². The Kier molecular flexibility index (Phi) is 7.67. The van der Waals surface area contributed by atoms with Crippen LogP contribution in [0.1, 0.15) is 30.5 Å². The molecule has 3 heterocycles. The molecule has 0 radical (unpaired) electrons. The van der Waals surface area contributed by atoms with E-state index in [-0.39, 0.29) is 5.41 Å². The largest absolute Gasteiger partial charge is 0.456 e. The monoisotopic (exact) mass is 843 g/mol. The molecule has 14 rings (SSSR count).